The van der Waals surface area contributed by atoms with Gasteiger partial charge in [-0.2, -0.15) is 0 Å². The molecule has 0 bridgehead atoms. The number of halogens is 3. The van der Waals surface area contributed by atoms with E-state index in [4.69, 9.17) is 23.2 Å². The number of hydrogen-bond acceptors (Lipinski definition) is 4. The highest BCUT2D eigenvalue weighted by Crippen LogP contribution is 2.29. The highest BCUT2D eigenvalue weighted by molar-refractivity contribution is 6.42. The molecule has 1 fully saturated rings. The van der Waals surface area contributed by atoms with Gasteiger partial charge in [-0.05, 0) is 37.6 Å². The van der Waals surface area contributed by atoms with Crippen molar-refractivity contribution >= 4 is 34.2 Å². The second-order valence-corrected chi connectivity index (χ2v) is 6.64. The molecule has 3 N–H and O–H groups in total. The molecule has 24 heavy (non-hydrogen) atoms. The van der Waals surface area contributed by atoms with Crippen molar-refractivity contribution in [3.05, 3.63) is 39.9 Å². The Bertz CT molecular complexity index is 778. The number of aliphatic hydroxyl groups is 2. The Hall–Kier alpha value is -1.18. The van der Waals surface area contributed by atoms with Crippen LogP contribution >= 0.6 is 23.2 Å². The van der Waals surface area contributed by atoms with Gasteiger partial charge in [0.2, 0.25) is 0 Å². The fourth-order valence-electron chi connectivity index (χ4n) is 2.93. The van der Waals surface area contributed by atoms with E-state index in [9.17, 15) is 14.6 Å². The smallest absolute Gasteiger partial charge is 0.136 e. The van der Waals surface area contributed by atoms with Crippen LogP contribution < -0.4 is 5.32 Å². The number of aromatic nitrogens is 2. The summed E-state index contributed by atoms with van der Waals surface area (Å²) in [6, 6.07) is 2.78. The Kier molecular flexibility index (Phi) is 5.42. The first kappa shape index (κ1) is 17.6. The number of nitrogens with one attached hydrogen (secondary N) is 1. The molecule has 130 valence electrons. The average Bonchev–Trinajstić information content (AvgIpc) is 2.87. The number of allylic oxidation sites excluding steroid dienone is 1. The molecule has 3 rings (SSSR count). The van der Waals surface area contributed by atoms with Gasteiger partial charge in [-0.3, -0.25) is 0 Å². The van der Waals surface area contributed by atoms with E-state index in [1.54, 1.807) is 16.7 Å². The molecule has 0 saturated carbocycles. The number of rotatable bonds is 4. The Balaban J connectivity index is 1.92. The molecular formula is C16H18Cl2FN3O2. The molecule has 1 aliphatic heterocycles. The zero-order valence-corrected chi connectivity index (χ0v) is 14.4. The summed E-state index contributed by atoms with van der Waals surface area (Å²) < 4.78 is 16.0. The summed E-state index contributed by atoms with van der Waals surface area (Å²) in [5.41, 5.74) is 1.13. The maximum atomic E-state index is 14.5. The third kappa shape index (κ3) is 3.58. The second-order valence-electron chi connectivity index (χ2n) is 5.83. The maximum absolute atomic E-state index is 14.5. The fraction of sp³-hybridized carbons (Fsp3) is 0.438. The molecule has 2 heterocycles. The molecule has 1 aliphatic rings. The molecule has 0 aliphatic carbocycles. The van der Waals surface area contributed by atoms with Gasteiger partial charge in [0.25, 0.3) is 0 Å². The molecule has 2 unspecified atom stereocenters. The summed E-state index contributed by atoms with van der Waals surface area (Å²) in [6.07, 6.45) is 2.29. The zero-order chi connectivity index (χ0) is 17.3. The van der Waals surface area contributed by atoms with E-state index in [1.165, 1.54) is 6.08 Å². The van der Waals surface area contributed by atoms with Crippen LogP contribution in [-0.4, -0.2) is 38.5 Å². The van der Waals surface area contributed by atoms with Crippen molar-refractivity contribution in [2.24, 2.45) is 0 Å². The monoisotopic (exact) mass is 373 g/mol. The largest absolute Gasteiger partial charge is 0.391 e. The van der Waals surface area contributed by atoms with Crippen LogP contribution in [0.3, 0.4) is 0 Å². The van der Waals surface area contributed by atoms with E-state index in [0.717, 1.165) is 13.0 Å². The second kappa shape index (κ2) is 7.37. The van der Waals surface area contributed by atoms with Crippen LogP contribution in [-0.2, 0) is 13.2 Å². The van der Waals surface area contributed by atoms with Crippen molar-refractivity contribution in [1.29, 1.82) is 0 Å². The summed E-state index contributed by atoms with van der Waals surface area (Å²) in [7, 11) is 0. The summed E-state index contributed by atoms with van der Waals surface area (Å²) in [6.45, 7) is 0.312. The maximum Gasteiger partial charge on any atom is 0.136 e. The van der Waals surface area contributed by atoms with E-state index in [1.807, 2.05) is 0 Å². The molecule has 1 aromatic heterocycles. The zero-order valence-electron chi connectivity index (χ0n) is 12.8. The van der Waals surface area contributed by atoms with Crippen LogP contribution in [0.2, 0.25) is 10.0 Å². The predicted octanol–water partition coefficient (Wildman–Crippen LogP) is 2.80. The van der Waals surface area contributed by atoms with Crippen LogP contribution in [0.25, 0.3) is 11.0 Å². The van der Waals surface area contributed by atoms with E-state index < -0.39 is 18.0 Å². The molecule has 8 heteroatoms. The molecule has 0 amide bonds. The standard InChI is InChI=1S/C16H18Cl2FN3O2/c17-10-5-12-14(6-11(10)18)22(16(8-23)21-12)7-9(19)4-13-15(24)2-1-3-20-13/h4-6,13,15,20,23-24H,1-3,7-8H2/b9-4-. The van der Waals surface area contributed by atoms with Crippen molar-refractivity contribution in [2.75, 3.05) is 6.54 Å². The molecule has 2 atom stereocenters. The van der Waals surface area contributed by atoms with Crippen LogP contribution in [0, 0.1) is 0 Å². The first-order valence-corrected chi connectivity index (χ1v) is 8.48. The number of benzene rings is 1. The van der Waals surface area contributed by atoms with Crippen LogP contribution in [0.5, 0.6) is 0 Å². The van der Waals surface area contributed by atoms with Gasteiger partial charge in [0.05, 0.1) is 39.8 Å². The van der Waals surface area contributed by atoms with Crippen LogP contribution in [0.4, 0.5) is 4.39 Å². The molecule has 2 aromatic rings. The van der Waals surface area contributed by atoms with Gasteiger partial charge in [-0.15, -0.1) is 0 Å². The third-order valence-electron chi connectivity index (χ3n) is 4.15. The molecule has 0 radical (unpaired) electrons. The van der Waals surface area contributed by atoms with Gasteiger partial charge >= 0.3 is 0 Å². The average molecular weight is 374 g/mol. The highest BCUT2D eigenvalue weighted by Gasteiger charge is 2.22. The van der Waals surface area contributed by atoms with Crippen molar-refractivity contribution < 1.29 is 14.6 Å². The number of aliphatic hydroxyl groups excluding tert-OH is 2. The Morgan fingerprint density at radius 3 is 2.88 bits per heavy atom. The topological polar surface area (TPSA) is 70.3 Å². The number of nitrogens with zero attached hydrogens (tertiary/aromatic N) is 2. The van der Waals surface area contributed by atoms with Crippen molar-refractivity contribution in [2.45, 2.75) is 38.1 Å². The van der Waals surface area contributed by atoms with Gasteiger partial charge in [-0.25, -0.2) is 9.37 Å². The minimum atomic E-state index is -0.602. The van der Waals surface area contributed by atoms with E-state index >= 15 is 0 Å². The van der Waals surface area contributed by atoms with Gasteiger partial charge in [0, 0.05) is 0 Å². The first-order chi connectivity index (χ1) is 11.5. The quantitative estimate of drug-likeness (QED) is 0.770. The van der Waals surface area contributed by atoms with Crippen LogP contribution in [0.15, 0.2) is 24.0 Å². The van der Waals surface area contributed by atoms with E-state index in [-0.39, 0.29) is 13.2 Å². The minimum absolute atomic E-state index is 0.102. The summed E-state index contributed by atoms with van der Waals surface area (Å²) in [5.74, 6) is -0.0995. The Labute approximate surface area is 148 Å². The third-order valence-corrected chi connectivity index (χ3v) is 4.87. The van der Waals surface area contributed by atoms with Gasteiger partial charge < -0.3 is 20.1 Å². The summed E-state index contributed by atoms with van der Waals surface area (Å²) in [4.78, 5) is 4.26. The highest BCUT2D eigenvalue weighted by atomic mass is 35.5. The lowest BCUT2D eigenvalue weighted by atomic mass is 10.0. The predicted molar refractivity (Wildman–Crippen MR) is 91.9 cm³/mol. The van der Waals surface area contributed by atoms with E-state index in [0.29, 0.717) is 33.3 Å². The molecule has 0 spiro atoms. The van der Waals surface area contributed by atoms with Crippen molar-refractivity contribution in [3.63, 3.8) is 0 Å². The lowest BCUT2D eigenvalue weighted by molar-refractivity contribution is 0.114. The SMILES string of the molecule is OCc1nc2cc(Cl)c(Cl)cc2n1C/C(F)=C/C1NCCCC1O. The summed E-state index contributed by atoms with van der Waals surface area (Å²) >= 11 is 12.0. The molecular weight excluding hydrogens is 356 g/mol. The Morgan fingerprint density at radius 1 is 1.42 bits per heavy atom. The van der Waals surface area contributed by atoms with Gasteiger partial charge in [0.1, 0.15) is 18.3 Å². The first-order valence-electron chi connectivity index (χ1n) is 7.72. The lowest BCUT2D eigenvalue weighted by Crippen LogP contribution is -2.43. The minimum Gasteiger partial charge on any atom is -0.391 e. The van der Waals surface area contributed by atoms with Crippen LogP contribution in [0.1, 0.15) is 18.7 Å². The number of imidazole rings is 1. The molecule has 5 nitrogen and oxygen atoms in total. The van der Waals surface area contributed by atoms with Gasteiger partial charge in [-0.1, -0.05) is 23.2 Å². The number of piperidine rings is 1. The fourth-order valence-corrected chi connectivity index (χ4v) is 3.25. The molecule has 1 saturated heterocycles. The van der Waals surface area contributed by atoms with Gasteiger partial charge in [0.15, 0.2) is 0 Å². The van der Waals surface area contributed by atoms with Crippen molar-refractivity contribution in [3.8, 4) is 0 Å². The van der Waals surface area contributed by atoms with E-state index in [2.05, 4.69) is 10.3 Å². The Morgan fingerprint density at radius 2 is 2.17 bits per heavy atom. The van der Waals surface area contributed by atoms with Crippen molar-refractivity contribution in [1.82, 2.24) is 14.9 Å². The normalized spacial score (nSPS) is 22.3. The summed E-state index contributed by atoms with van der Waals surface area (Å²) in [5, 5.41) is 23.2. The number of hydrogen-bond donors (Lipinski definition) is 3. The molecule has 1 aromatic carbocycles. The number of fused-ring (bicyclic) bond motifs is 1. The lowest BCUT2D eigenvalue weighted by Gasteiger charge is -2.26.